The molecule has 0 aromatic carbocycles. The van der Waals surface area contributed by atoms with Gasteiger partial charge in [-0.15, -0.1) is 10.1 Å². The minimum absolute atomic E-state index is 0. The van der Waals surface area contributed by atoms with Crippen molar-refractivity contribution in [3.05, 3.63) is 10.1 Å². The fourth-order valence-corrected chi connectivity index (χ4v) is 0. The van der Waals surface area contributed by atoms with E-state index in [2.05, 4.69) is 0 Å². The zero-order valence-corrected chi connectivity index (χ0v) is 9.70. The van der Waals surface area contributed by atoms with Crippen LogP contribution in [0, 0.1) is 10.1 Å². The van der Waals surface area contributed by atoms with E-state index in [4.69, 9.17) is 15.3 Å². The second-order valence-electron chi connectivity index (χ2n) is 0.238. The van der Waals surface area contributed by atoms with Crippen molar-refractivity contribution >= 4 is 0 Å². The zero-order valence-electron chi connectivity index (χ0n) is 4.42. The molecule has 6 heavy (non-hydrogen) atoms. The molecule has 0 fully saturated rings. The Labute approximate surface area is 94.7 Å². The normalized spacial score (nSPS) is 4.00. The van der Waals surface area contributed by atoms with E-state index < -0.39 is 5.09 Å². The Bertz CT molecular complexity index is 35.9. The standard InChI is InChI=1S/Cs.HNO3.H3N.H/c;2-1(3)4;;/h;(H,2,3,4);1H3;/q+1;;;-1. The van der Waals surface area contributed by atoms with Crippen molar-refractivity contribution in [3.8, 4) is 0 Å². The Morgan fingerprint density at radius 3 is 1.83 bits per heavy atom. The van der Waals surface area contributed by atoms with Crippen LogP contribution < -0.4 is 75.0 Å². The fourth-order valence-electron chi connectivity index (χ4n) is 0. The van der Waals surface area contributed by atoms with Gasteiger partial charge in [0.15, 0.2) is 0 Å². The molecule has 0 saturated heterocycles. The average Bonchev–Trinajstić information content (AvgIpc) is 0.811. The maximum atomic E-state index is 8.36. The van der Waals surface area contributed by atoms with Crippen LogP contribution in [0.5, 0.6) is 0 Å². The maximum Gasteiger partial charge on any atom is 1.00 e. The molecular weight excluding hydrogens is 209 g/mol. The first-order valence-electron chi connectivity index (χ1n) is 0.565. The topological polar surface area (TPSA) is 98.4 Å². The molecule has 0 spiro atoms. The quantitative estimate of drug-likeness (QED) is 0.330. The third-order valence-corrected chi connectivity index (χ3v) is 0. The Morgan fingerprint density at radius 2 is 1.83 bits per heavy atom. The monoisotopic (exact) mass is 214 g/mol. The fraction of sp³-hybridized carbons (Fsp3) is 0. The van der Waals surface area contributed by atoms with Crippen LogP contribution in [0.3, 0.4) is 0 Å². The second kappa shape index (κ2) is 9.51. The summed E-state index contributed by atoms with van der Waals surface area (Å²) in [5, 5.41) is 13.6. The van der Waals surface area contributed by atoms with Crippen LogP contribution in [0.1, 0.15) is 1.43 Å². The van der Waals surface area contributed by atoms with Gasteiger partial charge < -0.3 is 12.8 Å². The second-order valence-corrected chi connectivity index (χ2v) is 0.238. The van der Waals surface area contributed by atoms with E-state index in [-0.39, 0.29) is 76.5 Å². The van der Waals surface area contributed by atoms with Crippen LogP contribution in [-0.4, -0.2) is 10.3 Å². The summed E-state index contributed by atoms with van der Waals surface area (Å²) in [6.07, 6.45) is 0. The molecule has 0 aromatic rings. The Balaban J connectivity index is -0.0000000150. The third kappa shape index (κ3) is 63.0. The van der Waals surface area contributed by atoms with Crippen molar-refractivity contribution in [1.29, 1.82) is 0 Å². The first-order valence-corrected chi connectivity index (χ1v) is 0.565. The average molecular weight is 214 g/mol. The molecule has 0 radical (unpaired) electrons. The van der Waals surface area contributed by atoms with Crippen molar-refractivity contribution in [1.82, 2.24) is 6.15 Å². The maximum absolute atomic E-state index is 8.36. The van der Waals surface area contributed by atoms with Gasteiger partial charge in [0.25, 0.3) is 5.09 Å². The van der Waals surface area contributed by atoms with E-state index in [1.807, 2.05) is 0 Å². The van der Waals surface area contributed by atoms with Crippen molar-refractivity contribution in [2.45, 2.75) is 0 Å². The van der Waals surface area contributed by atoms with Gasteiger partial charge >= 0.3 is 68.9 Å². The molecule has 0 aliphatic rings. The molecule has 0 rings (SSSR count). The van der Waals surface area contributed by atoms with Gasteiger partial charge in [-0.2, -0.15) is 0 Å². The SMILES string of the molecule is N.O=[N+]([O-])O.[Cs+].[H-]. The van der Waals surface area contributed by atoms with Crippen molar-refractivity contribution in [2.75, 3.05) is 0 Å². The summed E-state index contributed by atoms with van der Waals surface area (Å²) in [6.45, 7) is 0. The molecule has 0 aromatic heterocycles. The van der Waals surface area contributed by atoms with Gasteiger partial charge in [-0.1, -0.05) is 0 Å². The molecule has 0 amide bonds. The van der Waals surface area contributed by atoms with Crippen LogP contribution in [-0.2, 0) is 0 Å². The van der Waals surface area contributed by atoms with Gasteiger partial charge in [0, 0.05) is 0 Å². The summed E-state index contributed by atoms with van der Waals surface area (Å²) in [4.78, 5) is 8.36. The van der Waals surface area contributed by atoms with Gasteiger partial charge in [-0.25, -0.2) is 0 Å². The van der Waals surface area contributed by atoms with E-state index in [0.29, 0.717) is 0 Å². The van der Waals surface area contributed by atoms with E-state index >= 15 is 0 Å². The van der Waals surface area contributed by atoms with Crippen molar-refractivity contribution < 1.29 is 80.6 Å². The number of rotatable bonds is 0. The molecule has 0 aliphatic carbocycles. The minimum atomic E-state index is -1.50. The minimum Gasteiger partial charge on any atom is -1.00 e. The van der Waals surface area contributed by atoms with Crippen LogP contribution in [0.15, 0.2) is 0 Å². The molecule has 0 bridgehead atoms. The van der Waals surface area contributed by atoms with Crippen LogP contribution in [0.2, 0.25) is 0 Å². The first kappa shape index (κ1) is 15.7. The molecule has 5 nitrogen and oxygen atoms in total. The smallest absolute Gasteiger partial charge is 1.00 e. The Kier molecular flexibility index (Phi) is 24.9. The predicted octanol–water partition coefficient (Wildman–Crippen LogP) is -3.07. The number of nitrogens with zero attached hydrogens (tertiary/aromatic N) is 1. The molecule has 0 unspecified atom stereocenters. The van der Waals surface area contributed by atoms with Crippen LogP contribution in [0.4, 0.5) is 0 Å². The molecule has 0 saturated carbocycles. The van der Waals surface area contributed by atoms with E-state index in [1.54, 1.807) is 0 Å². The van der Waals surface area contributed by atoms with Crippen molar-refractivity contribution in [3.63, 3.8) is 0 Å². The summed E-state index contributed by atoms with van der Waals surface area (Å²) in [6, 6.07) is 0. The predicted molar refractivity (Wildman–Crippen MR) is 14.9 cm³/mol. The van der Waals surface area contributed by atoms with Gasteiger partial charge in [-0.05, 0) is 0 Å². The van der Waals surface area contributed by atoms with E-state index in [0.717, 1.165) is 0 Å². The van der Waals surface area contributed by atoms with E-state index in [9.17, 15) is 0 Å². The van der Waals surface area contributed by atoms with Gasteiger partial charge in [0.2, 0.25) is 0 Å². The summed E-state index contributed by atoms with van der Waals surface area (Å²) >= 11 is 0. The molecule has 6 heteroatoms. The first-order chi connectivity index (χ1) is 1.73. The largest absolute Gasteiger partial charge is 1.00 e. The van der Waals surface area contributed by atoms with Gasteiger partial charge in [0.1, 0.15) is 0 Å². The summed E-state index contributed by atoms with van der Waals surface area (Å²) < 4.78 is 0. The molecule has 34 valence electrons. The van der Waals surface area contributed by atoms with E-state index in [1.165, 1.54) is 0 Å². The van der Waals surface area contributed by atoms with Gasteiger partial charge in [-0.3, -0.25) is 0 Å². The Hall–Kier alpha value is 1.21. The van der Waals surface area contributed by atoms with Crippen LogP contribution in [0.25, 0.3) is 0 Å². The molecule has 4 N–H and O–H groups in total. The molecule has 0 heterocycles. The summed E-state index contributed by atoms with van der Waals surface area (Å²) in [5.41, 5.74) is 0. The summed E-state index contributed by atoms with van der Waals surface area (Å²) in [7, 11) is 0. The molecule has 0 atom stereocenters. The third-order valence-electron chi connectivity index (χ3n) is 0. The Morgan fingerprint density at radius 1 is 1.83 bits per heavy atom. The van der Waals surface area contributed by atoms with Gasteiger partial charge in [0.05, 0.1) is 0 Å². The number of hydrogen-bond donors (Lipinski definition) is 2. The molecular formula is H5CsN2O3. The number of hydrogen-bond acceptors (Lipinski definition) is 3. The summed E-state index contributed by atoms with van der Waals surface area (Å²) in [5.74, 6) is 0. The van der Waals surface area contributed by atoms with Crippen LogP contribution >= 0.6 is 0 Å². The molecule has 0 aliphatic heterocycles. The van der Waals surface area contributed by atoms with Crippen molar-refractivity contribution in [2.24, 2.45) is 0 Å². The zero-order chi connectivity index (χ0) is 3.58.